The lowest BCUT2D eigenvalue weighted by molar-refractivity contribution is -0.139. The van der Waals surface area contributed by atoms with Crippen LogP contribution in [-0.2, 0) is 30.3 Å². The van der Waals surface area contributed by atoms with Crippen LogP contribution in [0, 0.1) is 5.92 Å². The maximum atomic E-state index is 13.8. The Hall–Kier alpha value is -2.85. The van der Waals surface area contributed by atoms with Crippen molar-refractivity contribution in [3.05, 3.63) is 29.8 Å². The van der Waals surface area contributed by atoms with Gasteiger partial charge in [-0.3, -0.25) is 14.4 Å². The third kappa shape index (κ3) is 8.60. The molecule has 4 amide bonds. The van der Waals surface area contributed by atoms with Crippen LogP contribution < -0.4 is 15.5 Å². The number of rotatable bonds is 10. The van der Waals surface area contributed by atoms with Crippen molar-refractivity contribution < 1.29 is 28.7 Å². The largest absolute Gasteiger partial charge is 0.453 e. The molecule has 0 radical (unpaired) electrons. The van der Waals surface area contributed by atoms with Gasteiger partial charge in [0.05, 0.1) is 32.9 Å². The molecule has 11 heteroatoms. The topological polar surface area (TPSA) is 117 Å². The molecule has 2 atom stereocenters. The van der Waals surface area contributed by atoms with Gasteiger partial charge in [-0.1, -0.05) is 50.8 Å². The molecule has 2 N–H and O–H groups in total. The Kier molecular flexibility index (Phi) is 12.7. The average Bonchev–Trinajstić information content (AvgIpc) is 2.91. The summed E-state index contributed by atoms with van der Waals surface area (Å²) >= 11 is 0. The van der Waals surface area contributed by atoms with Crippen LogP contribution in [-0.4, -0.2) is 81.3 Å². The second kappa shape index (κ2) is 15.4. The van der Waals surface area contributed by atoms with Crippen molar-refractivity contribution in [3.8, 4) is 0 Å². The molecule has 1 fully saturated rings. The summed E-state index contributed by atoms with van der Waals surface area (Å²) in [5, 5.41) is 5.49. The standard InChI is InChI=1S/C26H38N4O6.ClH/c1-3-4-5-6-10-21(24(32)27-17-23(31)29-12-14-36-15-13-29)25(33)30-18-20(28-26(34)35-2)16-19-9-7-8-11-22(19)30;/h7-9,11,20-21H,3-6,10,12-18H2,1-2H3,(H,27,32)(H,28,34);1H. The first-order chi connectivity index (χ1) is 17.4. The van der Waals surface area contributed by atoms with E-state index >= 15 is 0 Å². The highest BCUT2D eigenvalue weighted by Gasteiger charge is 2.36. The number of anilines is 1. The Balaban J connectivity index is 0.00000481. The van der Waals surface area contributed by atoms with Crippen LogP contribution in [0.4, 0.5) is 10.5 Å². The number of morpholine rings is 1. The zero-order chi connectivity index (χ0) is 25.9. The zero-order valence-electron chi connectivity index (χ0n) is 21.7. The van der Waals surface area contributed by atoms with Crippen LogP contribution in [0.15, 0.2) is 24.3 Å². The highest BCUT2D eigenvalue weighted by Crippen LogP contribution is 2.29. The number of para-hydroxylation sites is 1. The Morgan fingerprint density at radius 3 is 2.54 bits per heavy atom. The summed E-state index contributed by atoms with van der Waals surface area (Å²) < 4.78 is 10.0. The number of halogens is 1. The van der Waals surface area contributed by atoms with Crippen LogP contribution in [0.2, 0.25) is 0 Å². The number of ether oxygens (including phenoxy) is 2. The molecule has 1 aromatic rings. The zero-order valence-corrected chi connectivity index (χ0v) is 22.5. The summed E-state index contributed by atoms with van der Waals surface area (Å²) in [6, 6.07) is 7.16. The molecule has 10 nitrogen and oxygen atoms in total. The van der Waals surface area contributed by atoms with Crippen LogP contribution in [0.1, 0.15) is 44.6 Å². The van der Waals surface area contributed by atoms with E-state index in [9.17, 15) is 19.2 Å². The van der Waals surface area contributed by atoms with E-state index in [1.807, 2.05) is 24.3 Å². The number of unbranched alkanes of at least 4 members (excludes halogenated alkanes) is 3. The number of hydrogen-bond acceptors (Lipinski definition) is 6. The quantitative estimate of drug-likeness (QED) is 0.349. The van der Waals surface area contributed by atoms with E-state index in [1.165, 1.54) is 7.11 Å². The smallest absolute Gasteiger partial charge is 0.407 e. The van der Waals surface area contributed by atoms with E-state index in [-0.39, 0.29) is 43.4 Å². The lowest BCUT2D eigenvalue weighted by Gasteiger charge is -2.36. The fraction of sp³-hybridized carbons (Fsp3) is 0.615. The fourth-order valence-corrected chi connectivity index (χ4v) is 4.67. The molecule has 1 aromatic carbocycles. The summed E-state index contributed by atoms with van der Waals surface area (Å²) in [7, 11) is 1.30. The van der Waals surface area contributed by atoms with Crippen LogP contribution in [0.25, 0.3) is 0 Å². The van der Waals surface area contributed by atoms with E-state index in [0.29, 0.717) is 39.1 Å². The van der Waals surface area contributed by atoms with Gasteiger partial charge in [0.25, 0.3) is 0 Å². The number of methoxy groups -OCH3 is 1. The molecule has 37 heavy (non-hydrogen) atoms. The lowest BCUT2D eigenvalue weighted by atomic mass is 9.93. The van der Waals surface area contributed by atoms with E-state index < -0.39 is 17.9 Å². The highest BCUT2D eigenvalue weighted by molar-refractivity contribution is 6.08. The third-order valence-electron chi connectivity index (χ3n) is 6.66. The van der Waals surface area contributed by atoms with Crippen molar-refractivity contribution in [1.29, 1.82) is 0 Å². The third-order valence-corrected chi connectivity index (χ3v) is 6.66. The van der Waals surface area contributed by atoms with Crippen LogP contribution in [0.3, 0.4) is 0 Å². The highest BCUT2D eigenvalue weighted by atomic mass is 35.5. The molecule has 206 valence electrons. The van der Waals surface area contributed by atoms with Gasteiger partial charge in [-0.15, -0.1) is 12.4 Å². The van der Waals surface area contributed by atoms with Gasteiger partial charge in [0.2, 0.25) is 17.7 Å². The first kappa shape index (κ1) is 30.4. The first-order valence-electron chi connectivity index (χ1n) is 12.8. The van der Waals surface area contributed by atoms with Gasteiger partial charge in [0.1, 0.15) is 5.92 Å². The molecule has 2 aliphatic rings. The molecule has 0 spiro atoms. The SMILES string of the molecule is CCCCCCC(C(=O)NCC(=O)N1CCOCC1)C(=O)N1CC(NC(=O)OC)Cc2ccccc21.Cl. The van der Waals surface area contributed by atoms with Gasteiger partial charge >= 0.3 is 6.09 Å². The summed E-state index contributed by atoms with van der Waals surface area (Å²) in [5.74, 6) is -1.89. The molecule has 2 heterocycles. The molecular weight excluding hydrogens is 500 g/mol. The number of fused-ring (bicyclic) bond motifs is 1. The number of nitrogens with zero attached hydrogens (tertiary/aromatic N) is 2. The summed E-state index contributed by atoms with van der Waals surface area (Å²) in [5.41, 5.74) is 1.65. The van der Waals surface area contributed by atoms with E-state index in [0.717, 1.165) is 36.9 Å². The normalized spacial score (nSPS) is 17.6. The second-order valence-electron chi connectivity index (χ2n) is 9.23. The average molecular weight is 539 g/mol. The number of carbonyl (C=O) groups is 4. The molecule has 0 bridgehead atoms. The van der Waals surface area contributed by atoms with Gasteiger partial charge < -0.3 is 29.9 Å². The minimum atomic E-state index is -0.927. The fourth-order valence-electron chi connectivity index (χ4n) is 4.67. The number of amides is 4. The van der Waals surface area contributed by atoms with Crippen LogP contribution >= 0.6 is 12.4 Å². The van der Waals surface area contributed by atoms with Crippen LogP contribution in [0.5, 0.6) is 0 Å². The van der Waals surface area contributed by atoms with Gasteiger partial charge in [0.15, 0.2) is 0 Å². The van der Waals surface area contributed by atoms with Gasteiger partial charge in [-0.05, 0) is 24.5 Å². The van der Waals surface area contributed by atoms with Crippen molar-refractivity contribution in [2.24, 2.45) is 5.92 Å². The number of alkyl carbamates (subject to hydrolysis) is 1. The van der Waals surface area contributed by atoms with Gasteiger partial charge in [-0.2, -0.15) is 0 Å². The number of benzene rings is 1. The van der Waals surface area contributed by atoms with Crippen molar-refractivity contribution in [3.63, 3.8) is 0 Å². The Morgan fingerprint density at radius 2 is 1.84 bits per heavy atom. The van der Waals surface area contributed by atoms with Gasteiger partial charge in [0, 0.05) is 25.3 Å². The molecule has 3 rings (SSSR count). The molecule has 0 saturated carbocycles. The first-order valence-corrected chi connectivity index (χ1v) is 12.8. The summed E-state index contributed by atoms with van der Waals surface area (Å²) in [6.07, 6.45) is 4.09. The molecule has 2 aliphatic heterocycles. The number of carbonyl (C=O) groups excluding carboxylic acids is 4. The predicted octanol–water partition coefficient (Wildman–Crippen LogP) is 2.28. The predicted molar refractivity (Wildman–Crippen MR) is 142 cm³/mol. The summed E-state index contributed by atoms with van der Waals surface area (Å²) in [4.78, 5) is 54.7. The van der Waals surface area contributed by atoms with Gasteiger partial charge in [-0.25, -0.2) is 4.79 Å². The minimum absolute atomic E-state index is 0. The van der Waals surface area contributed by atoms with Crippen molar-refractivity contribution in [2.45, 2.75) is 51.5 Å². The second-order valence-corrected chi connectivity index (χ2v) is 9.23. The molecule has 1 saturated heterocycles. The molecule has 2 unspecified atom stereocenters. The van der Waals surface area contributed by atoms with Crippen molar-refractivity contribution in [2.75, 3.05) is 51.4 Å². The van der Waals surface area contributed by atoms with E-state index in [1.54, 1.807) is 9.80 Å². The lowest BCUT2D eigenvalue weighted by Crippen LogP contribution is -2.54. The molecule has 0 aromatic heterocycles. The minimum Gasteiger partial charge on any atom is -0.453 e. The van der Waals surface area contributed by atoms with Crippen molar-refractivity contribution >= 4 is 41.9 Å². The van der Waals surface area contributed by atoms with E-state index in [4.69, 9.17) is 9.47 Å². The number of nitrogens with one attached hydrogen (secondary N) is 2. The maximum absolute atomic E-state index is 13.8. The molecular formula is C26H39ClN4O6. The Bertz CT molecular complexity index is 924. The maximum Gasteiger partial charge on any atom is 0.407 e. The molecule has 0 aliphatic carbocycles. The Morgan fingerprint density at radius 1 is 1.11 bits per heavy atom. The summed E-state index contributed by atoms with van der Waals surface area (Å²) in [6.45, 7) is 4.13. The monoisotopic (exact) mass is 538 g/mol. The Labute approximate surface area is 224 Å². The van der Waals surface area contributed by atoms with Crippen molar-refractivity contribution in [1.82, 2.24) is 15.5 Å². The number of hydrogen-bond donors (Lipinski definition) is 2. The van der Waals surface area contributed by atoms with E-state index in [2.05, 4.69) is 17.6 Å².